The van der Waals surface area contributed by atoms with E-state index in [-0.39, 0.29) is 50.8 Å². The molecule has 5 atom stereocenters. The van der Waals surface area contributed by atoms with Gasteiger partial charge in [0.15, 0.2) is 0 Å². The number of carbonyl (C=O) groups is 1. The Morgan fingerprint density at radius 1 is 1.14 bits per heavy atom. The number of allylic oxidation sites excluding steroid dienone is 3. The molecule has 0 amide bonds. The van der Waals surface area contributed by atoms with E-state index in [2.05, 4.69) is 14.2 Å². The molecule has 6 rings (SSSR count). The Balaban J connectivity index is 1.23. The first-order chi connectivity index (χ1) is 17.7. The van der Waals surface area contributed by atoms with Gasteiger partial charge in [-0.15, -0.1) is 0 Å². The molecule has 1 aliphatic heterocycles. The van der Waals surface area contributed by atoms with Gasteiger partial charge in [0.05, 0.1) is 0 Å². The van der Waals surface area contributed by atoms with Crippen molar-refractivity contribution in [2.45, 2.75) is 44.9 Å². The molecule has 37 heavy (non-hydrogen) atoms. The number of benzene rings is 2. The Labute approximate surface area is 224 Å². The third-order valence-electron chi connectivity index (χ3n) is 8.30. The van der Waals surface area contributed by atoms with E-state index in [0.29, 0.717) is 12.2 Å². The van der Waals surface area contributed by atoms with Gasteiger partial charge in [-0.2, -0.15) is 0 Å². The first-order valence-electron chi connectivity index (χ1n) is 12.6. The van der Waals surface area contributed by atoms with Crippen molar-refractivity contribution < 1.29 is 49.0 Å². The van der Waals surface area contributed by atoms with Crippen molar-refractivity contribution in [1.82, 2.24) is 0 Å². The van der Waals surface area contributed by atoms with Crippen molar-refractivity contribution in [3.8, 4) is 0 Å². The number of hydrogen-bond donors (Lipinski definition) is 1. The fourth-order valence-electron chi connectivity index (χ4n) is 6.47. The van der Waals surface area contributed by atoms with Gasteiger partial charge in [-0.1, -0.05) is 0 Å². The van der Waals surface area contributed by atoms with E-state index in [1.165, 1.54) is 23.3 Å². The Morgan fingerprint density at radius 3 is 2.73 bits per heavy atom. The molecule has 1 heterocycles. The van der Waals surface area contributed by atoms with Crippen LogP contribution in [0.1, 0.15) is 53.5 Å². The minimum absolute atomic E-state index is 0.0964. The Hall–Kier alpha value is -2.55. The standard InChI is InChI=1S/C30H27F3IO3/c1-16-6-8-18-9-7-17(10-22(18)26(16)21-4-2-3-5-25(21)30(31,32)33)15-37-20-11-19-12-23-27(28(23)29(35)36)24(19)14-34-13-20/h2-5,7,9-11,13-14,16,23,26-28H,6,8,12,15H2,1H3,(H,35,36)/q-1/t16?,23-,26?,27-,28+/m1/s1. The number of fused-ring (bicyclic) bond motifs is 4. The van der Waals surface area contributed by atoms with Crippen LogP contribution in [-0.2, 0) is 28.7 Å². The third kappa shape index (κ3) is 4.53. The van der Waals surface area contributed by atoms with Crippen LogP contribution in [0, 0.1) is 23.7 Å². The van der Waals surface area contributed by atoms with Crippen LogP contribution in [-0.4, -0.2) is 11.1 Å². The number of aliphatic carboxylic acids is 1. The van der Waals surface area contributed by atoms with Crippen LogP contribution in [0.4, 0.5) is 13.2 Å². The summed E-state index contributed by atoms with van der Waals surface area (Å²) in [6, 6.07) is 12.1. The quantitative estimate of drug-likeness (QED) is 0.515. The molecule has 2 aromatic carbocycles. The predicted molar refractivity (Wildman–Crippen MR) is 129 cm³/mol. The zero-order chi connectivity index (χ0) is 25.9. The van der Waals surface area contributed by atoms with Crippen LogP contribution in [0.3, 0.4) is 0 Å². The van der Waals surface area contributed by atoms with Gasteiger partial charge >= 0.3 is 225 Å². The Bertz CT molecular complexity index is 1360. The molecular formula is C30H27F3IO3-. The monoisotopic (exact) mass is 619 g/mol. The van der Waals surface area contributed by atoms with Crippen molar-refractivity contribution in [3.05, 3.63) is 101 Å². The summed E-state index contributed by atoms with van der Waals surface area (Å²) in [5.41, 5.74) is 5.21. The number of rotatable bonds is 5. The van der Waals surface area contributed by atoms with Crippen molar-refractivity contribution in [2.24, 2.45) is 23.7 Å². The van der Waals surface area contributed by atoms with Crippen LogP contribution >= 0.6 is 0 Å². The Morgan fingerprint density at radius 2 is 1.95 bits per heavy atom. The maximum atomic E-state index is 13.9. The SMILES string of the molecule is CC1CCc2ccc(COC3=C[I-]C=C4C(=C3)C[C@H]3[C@H](C(=O)O)[C@@H]43)cc2C1c1ccccc1C(F)(F)F. The second-order valence-corrected chi connectivity index (χ2v) is 12.5. The topological polar surface area (TPSA) is 46.5 Å². The van der Waals surface area contributed by atoms with E-state index in [1.807, 2.05) is 25.1 Å². The second kappa shape index (κ2) is 9.33. The molecule has 194 valence electrons. The summed E-state index contributed by atoms with van der Waals surface area (Å²) < 4.78 is 52.1. The second-order valence-electron chi connectivity index (χ2n) is 10.5. The number of hydrogen-bond acceptors (Lipinski definition) is 2. The van der Waals surface area contributed by atoms with Crippen molar-refractivity contribution >= 4 is 5.97 Å². The molecule has 4 aliphatic rings. The normalized spacial score (nSPS) is 28.3. The van der Waals surface area contributed by atoms with Gasteiger partial charge in [-0.05, 0) is 0 Å². The molecule has 0 radical (unpaired) electrons. The van der Waals surface area contributed by atoms with E-state index < -0.39 is 17.7 Å². The number of alkyl halides is 3. The van der Waals surface area contributed by atoms with Gasteiger partial charge in [0.25, 0.3) is 0 Å². The average Bonchev–Trinajstić information content (AvgIpc) is 3.53. The molecule has 0 bridgehead atoms. The van der Waals surface area contributed by atoms with Crippen molar-refractivity contribution in [3.63, 3.8) is 0 Å². The Kier molecular flexibility index (Phi) is 6.24. The van der Waals surface area contributed by atoms with E-state index in [1.54, 1.807) is 12.1 Å². The first kappa shape index (κ1) is 24.8. The van der Waals surface area contributed by atoms with Crippen molar-refractivity contribution in [1.29, 1.82) is 0 Å². The zero-order valence-electron chi connectivity index (χ0n) is 20.3. The number of aryl methyl sites for hydroxylation is 1. The molecule has 2 unspecified atom stereocenters. The molecule has 2 saturated carbocycles. The molecular weight excluding hydrogens is 592 g/mol. The maximum absolute atomic E-state index is 13.9. The van der Waals surface area contributed by atoms with E-state index in [4.69, 9.17) is 4.74 Å². The van der Waals surface area contributed by atoms with Crippen LogP contribution < -0.4 is 21.2 Å². The van der Waals surface area contributed by atoms with Gasteiger partial charge in [0.1, 0.15) is 0 Å². The summed E-state index contributed by atoms with van der Waals surface area (Å²) in [5, 5.41) is 9.40. The number of carboxylic acid groups (broad SMARTS) is 1. The average molecular weight is 619 g/mol. The number of halogens is 4. The van der Waals surface area contributed by atoms with Gasteiger partial charge < -0.3 is 0 Å². The van der Waals surface area contributed by atoms with E-state index >= 15 is 0 Å². The molecule has 0 aromatic heterocycles. The predicted octanol–water partition coefficient (Wildman–Crippen LogP) is 4.04. The molecule has 7 heteroatoms. The van der Waals surface area contributed by atoms with Crippen molar-refractivity contribution in [2.75, 3.05) is 0 Å². The van der Waals surface area contributed by atoms with Crippen LogP contribution in [0.15, 0.2) is 73.6 Å². The number of carboxylic acids is 1. The van der Waals surface area contributed by atoms with Gasteiger partial charge in [0, 0.05) is 0 Å². The number of ether oxygens (including phenoxy) is 1. The van der Waals surface area contributed by atoms with Gasteiger partial charge in [0.2, 0.25) is 0 Å². The molecule has 0 spiro atoms. The molecule has 2 aromatic rings. The van der Waals surface area contributed by atoms with Gasteiger partial charge in [-0.3, -0.25) is 0 Å². The van der Waals surface area contributed by atoms with E-state index in [9.17, 15) is 23.1 Å². The summed E-state index contributed by atoms with van der Waals surface area (Å²) in [6.45, 7) is 2.39. The van der Waals surface area contributed by atoms with Crippen LogP contribution in [0.5, 0.6) is 0 Å². The van der Waals surface area contributed by atoms with E-state index in [0.717, 1.165) is 41.7 Å². The summed E-state index contributed by atoms with van der Waals surface area (Å²) in [6.07, 6.45) is 0.166. The van der Waals surface area contributed by atoms with Crippen LogP contribution in [0.2, 0.25) is 0 Å². The molecule has 3 aliphatic carbocycles. The summed E-state index contributed by atoms with van der Waals surface area (Å²) >= 11 is -0.378. The summed E-state index contributed by atoms with van der Waals surface area (Å²) in [5.74, 6) is 0.0490. The van der Waals surface area contributed by atoms with Gasteiger partial charge in [-0.25, -0.2) is 0 Å². The minimum atomic E-state index is -4.39. The first-order valence-corrected chi connectivity index (χ1v) is 15.1. The molecule has 1 N–H and O–H groups in total. The summed E-state index contributed by atoms with van der Waals surface area (Å²) in [4.78, 5) is 11.4. The molecule has 0 saturated heterocycles. The fourth-order valence-corrected chi connectivity index (χ4v) is 8.57. The molecule has 2 fully saturated rings. The zero-order valence-corrected chi connectivity index (χ0v) is 22.4. The fraction of sp³-hybridized carbons (Fsp3) is 0.367. The molecule has 3 nitrogen and oxygen atoms in total. The summed E-state index contributed by atoms with van der Waals surface area (Å²) in [7, 11) is 0. The van der Waals surface area contributed by atoms with Crippen LogP contribution in [0.25, 0.3) is 0 Å². The third-order valence-corrected chi connectivity index (χ3v) is 10.3.